The van der Waals surface area contributed by atoms with Crippen molar-refractivity contribution in [2.75, 3.05) is 61.1 Å². The molecule has 0 radical (unpaired) electrons. The van der Waals surface area contributed by atoms with Gasteiger partial charge in [0.15, 0.2) is 11.6 Å². The Hall–Kier alpha value is -8.38. The van der Waals surface area contributed by atoms with Crippen LogP contribution in [0.5, 0.6) is 0 Å². The van der Waals surface area contributed by atoms with Gasteiger partial charge in [-0.25, -0.2) is 9.59 Å². The summed E-state index contributed by atoms with van der Waals surface area (Å²) >= 11 is 9.53. The molecule has 32 heteroatoms. The maximum absolute atomic E-state index is 14.4. The van der Waals surface area contributed by atoms with Crippen LogP contribution < -0.4 is 0 Å². The number of carbonyl (C=O) groups is 12. The number of amides is 2. The predicted octanol–water partition coefficient (Wildman–Crippen LogP) is 16.8. The van der Waals surface area contributed by atoms with Gasteiger partial charge in [-0.1, -0.05) is 203 Å². The molecule has 5 unspecified atom stereocenters. The largest absolute Gasteiger partial charge is 0.460 e. The highest BCUT2D eigenvalue weighted by Gasteiger charge is 2.56. The summed E-state index contributed by atoms with van der Waals surface area (Å²) in [5.74, 6) is -15.6. The van der Waals surface area contributed by atoms with Crippen molar-refractivity contribution >= 4 is 94.2 Å². The van der Waals surface area contributed by atoms with Gasteiger partial charge in [0, 0.05) is 123 Å². The Morgan fingerprint density at radius 1 is 0.651 bits per heavy atom. The molecule has 9 rings (SSSR count). The van der Waals surface area contributed by atoms with Crippen molar-refractivity contribution in [3.8, 4) is 0 Å². The number of halogens is 2. The monoisotopic (exact) mass is 2120 g/mol. The summed E-state index contributed by atoms with van der Waals surface area (Å²) in [5, 5.41) is 67.3. The van der Waals surface area contributed by atoms with Gasteiger partial charge in [-0.2, -0.15) is 0 Å². The number of alkyl halides is 2. The molecule has 0 aromatic heterocycles. The number of esters is 2. The first-order valence-electron chi connectivity index (χ1n) is 53.3. The third-order valence-electron chi connectivity index (χ3n) is 30.8. The van der Waals surface area contributed by atoms with Crippen LogP contribution in [0, 0.1) is 71.0 Å². The summed E-state index contributed by atoms with van der Waals surface area (Å²) in [4.78, 5) is 164. The van der Waals surface area contributed by atoms with Crippen molar-refractivity contribution in [1.29, 1.82) is 0 Å². The fourth-order valence-electron chi connectivity index (χ4n) is 21.3. The van der Waals surface area contributed by atoms with Crippen LogP contribution in [0.3, 0.4) is 0 Å². The zero-order valence-electron chi connectivity index (χ0n) is 91.4. The van der Waals surface area contributed by atoms with E-state index in [1.165, 1.54) is 24.0 Å². The number of benzene rings is 2. The number of likely N-dealkylation sites (tertiary alicyclic amines) is 1. The molecule has 149 heavy (non-hydrogen) atoms. The minimum Gasteiger partial charge on any atom is -0.460 e. The van der Waals surface area contributed by atoms with E-state index in [0.717, 1.165) is 35.8 Å². The number of Topliss-reactive ketones (excluding diaryl/α,β-unsaturated/α-hetero) is 6. The van der Waals surface area contributed by atoms with Crippen molar-refractivity contribution in [2.45, 2.75) is 360 Å². The van der Waals surface area contributed by atoms with E-state index in [1.807, 2.05) is 140 Å². The number of hydrogen-bond donors (Lipinski definition) is 6. The predicted molar refractivity (Wildman–Crippen MR) is 570 cm³/mol. The molecule has 832 valence electrons. The molecule has 2 aromatic rings. The van der Waals surface area contributed by atoms with Gasteiger partial charge in [-0.15, -0.1) is 23.2 Å². The van der Waals surface area contributed by atoms with Gasteiger partial charge in [0.05, 0.1) is 54.2 Å². The van der Waals surface area contributed by atoms with Crippen LogP contribution in [0.4, 0.5) is 0 Å². The van der Waals surface area contributed by atoms with E-state index in [-0.39, 0.29) is 127 Å². The Morgan fingerprint density at radius 3 is 1.87 bits per heavy atom. The van der Waals surface area contributed by atoms with Gasteiger partial charge in [0.1, 0.15) is 72.8 Å². The Kier molecular flexibility index (Phi) is 56.7. The van der Waals surface area contributed by atoms with Crippen LogP contribution in [-0.2, 0) is 100 Å². The number of hydrogen-bond acceptors (Lipinski definition) is 28. The molecule has 6 N–H and O–H groups in total. The average Bonchev–Trinajstić information content (AvgIpc) is 0.773. The van der Waals surface area contributed by atoms with E-state index in [1.54, 1.807) is 119 Å². The highest BCUT2D eigenvalue weighted by Crippen LogP contribution is 2.42. The van der Waals surface area contributed by atoms with Crippen LogP contribution in [0.25, 0.3) is 0 Å². The second kappa shape index (κ2) is 65.3. The van der Waals surface area contributed by atoms with E-state index in [0.29, 0.717) is 132 Å². The van der Waals surface area contributed by atoms with E-state index >= 15 is 0 Å². The average molecular weight is 2130 g/mol. The first kappa shape index (κ1) is 129. The first-order chi connectivity index (χ1) is 70.8. The number of ether oxygens (including phenoxy) is 10. The fourth-order valence-corrected chi connectivity index (χ4v) is 21.3. The Bertz CT molecular complexity index is 4820. The molecule has 5 aliphatic heterocycles. The lowest BCUT2D eigenvalue weighted by Gasteiger charge is -2.42. The number of piperidine rings is 2. The molecule has 30 nitrogen and oxygen atoms in total. The molecular formula is C117H172Cl2N2O28. The fraction of sp³-hybridized carbons (Fsp3) is 0.658. The molecule has 7 aliphatic rings. The second-order valence-electron chi connectivity index (χ2n) is 42.3. The number of aldehydes is 2. The normalized spacial score (nSPS) is 31.2. The molecule has 2 amide bonds. The Labute approximate surface area is 893 Å². The van der Waals surface area contributed by atoms with Crippen LogP contribution in [0.1, 0.15) is 273 Å². The number of cyclic esters (lactones) is 1. The highest BCUT2D eigenvalue weighted by molar-refractivity contribution is 6.41. The lowest BCUT2D eigenvalue weighted by Crippen LogP contribution is -2.61. The summed E-state index contributed by atoms with van der Waals surface area (Å²) in [7, 11) is 9.08. The maximum atomic E-state index is 14.4. The van der Waals surface area contributed by atoms with Gasteiger partial charge in [0.25, 0.3) is 23.4 Å². The van der Waals surface area contributed by atoms with Gasteiger partial charge in [-0.05, 0) is 219 Å². The Balaban J connectivity index is 0.000000414. The molecule has 30 atom stereocenters. The van der Waals surface area contributed by atoms with Crippen LogP contribution in [0.2, 0.25) is 0 Å². The summed E-state index contributed by atoms with van der Waals surface area (Å²) in [6.07, 6.45) is 24.3. The molecule has 5 heterocycles. The number of ketones is 6. The number of nitrogens with zero attached hydrogens (tertiary/aromatic N) is 2. The molecule has 0 spiro atoms. The summed E-state index contributed by atoms with van der Waals surface area (Å²) in [6.45, 7) is 25.4. The van der Waals surface area contributed by atoms with E-state index in [9.17, 15) is 88.2 Å². The smallest absolute Gasteiger partial charge is 0.329 e. The molecule has 2 aromatic carbocycles. The van der Waals surface area contributed by atoms with Gasteiger partial charge in [-0.3, -0.25) is 47.9 Å². The number of methoxy groups -OCH3 is 6. The maximum Gasteiger partial charge on any atom is 0.329 e. The number of carbonyl (C=O) groups excluding carboxylic acids is 12. The zero-order valence-corrected chi connectivity index (χ0v) is 92.9. The van der Waals surface area contributed by atoms with E-state index in [4.69, 9.17) is 70.6 Å². The SMILES string of the molecule is COC(C(=O)[C@H](C)C[C@H](C)/C=C/C=C/C=C(\C)[C@H](C[C@@H]1CC[C@@H](C)[C@](O)(C(=O)C(=O)N2CCCCC2C(=O)OC(CC(=O)[C@H](C)/C=C(\C)C=O)[C@H](C)C[C@@H]2CC[C@@H](O)[C@H](OC)C2)O1)OC)C(O)c1ccccc1.CO[C@H]1C[C@@H]2CC[C@@H](C)[C@@](O)(O2)C(=O)C(=O)N2CCCC[C@H]2C(=O)OC([C@H](C)C[C@@H]2CC[C@@H](O)[C@H](OC)C2)CC(=O)[C@H](C)/C=C(\C)[C@@H](O)[C@@H](OC)C(=O)[C@H](C)C[C@H](C)/C=C/C=CC=C1C.ClCCl.O=Cc1ccccc1. The van der Waals surface area contributed by atoms with Crippen molar-refractivity contribution in [3.63, 3.8) is 0 Å². The van der Waals surface area contributed by atoms with Crippen molar-refractivity contribution < 1.29 is 136 Å². The van der Waals surface area contributed by atoms with Crippen LogP contribution in [-0.4, -0.2) is 276 Å². The molecule has 2 aliphatic carbocycles. The minimum atomic E-state index is -2.46. The summed E-state index contributed by atoms with van der Waals surface area (Å²) in [5.41, 5.74) is 3.88. The van der Waals surface area contributed by atoms with Crippen LogP contribution in [0.15, 0.2) is 156 Å². The second-order valence-corrected chi connectivity index (χ2v) is 43.1. The molecule has 4 saturated heterocycles. The molecule has 2 bridgehead atoms. The lowest BCUT2D eigenvalue weighted by atomic mass is 9.78. The number of aliphatic hydroxyl groups is 6. The van der Waals surface area contributed by atoms with Gasteiger partial charge in [0.2, 0.25) is 11.6 Å². The van der Waals surface area contributed by atoms with E-state index < -0.39 is 162 Å². The molecule has 6 fully saturated rings. The minimum absolute atomic E-state index is 0.0193. The number of aliphatic hydroxyl groups excluding tert-OH is 4. The quantitative estimate of drug-likeness (QED) is 0.00721. The number of rotatable bonds is 34. The number of fused-ring (bicyclic) bond motifs is 3. The first-order valence-corrected chi connectivity index (χ1v) is 54.3. The lowest BCUT2D eigenvalue weighted by molar-refractivity contribution is -0.265. The molecular weight excluding hydrogens is 1950 g/mol. The van der Waals surface area contributed by atoms with Crippen molar-refractivity contribution in [1.82, 2.24) is 9.80 Å². The third-order valence-corrected chi connectivity index (χ3v) is 30.8. The van der Waals surface area contributed by atoms with E-state index in [2.05, 4.69) is 0 Å². The van der Waals surface area contributed by atoms with Crippen molar-refractivity contribution in [2.24, 2.45) is 71.0 Å². The topological polar surface area (TPSA) is 425 Å². The van der Waals surface area contributed by atoms with Gasteiger partial charge < -0.3 is 87.8 Å². The zero-order chi connectivity index (χ0) is 111. The number of allylic oxidation sites excluding steroid dienone is 13. The molecule has 2 saturated carbocycles. The Morgan fingerprint density at radius 2 is 1.27 bits per heavy atom. The summed E-state index contributed by atoms with van der Waals surface area (Å²) in [6, 6.07) is 15.8. The third kappa shape index (κ3) is 39.2. The standard InChI is InChI=1S/C58H85NO14.C51H79NO13.C7H6O.CH2Cl2/c1-36(29-41(6)52(63)54(71-10)53(64)44-21-15-12-16-22-44)19-13-11-14-20-38(3)49(69-8)33-45-26-24-42(7)58(68,73-45)55(65)56(66)59-28-18-17-23-46(59)57(67)72-50(34-48(62)39(4)30-37(2)35-60)40(5)31-43-25-27-47(61)51(32-43)70-9;1-30-16-12-11-13-17-31(2)42(61-8)28-38-21-19-36(7)51(60,65-38)48(57)49(58)52-23-15-14-18-39(52)50(59)64-43(33(4)26-37-20-22-40(53)44(27-37)62-9)29-41(54)32(3)25-35(6)46(56)47(63-10)45(55)34(5)24-30;8-6-7-4-2-1-3-5-7;2-1-3/h11-16,19-22,30,35-36,39-43,45-47,49-51,53-54,61,64,68H,17-18,23-29,31-34H2,1-10H3;11-13,16-17,25,30,32-34,36-40,42-44,46-47,53,56,60H,14-15,18-24,26-29H2,1-10H3;1-6H;1H2/b14-11+,19-13+,37-30+,38-20+;13-11?,16-12+,31-17?,35-25+;;/t36-,39-,40-,41-,42-,43+,45+,46?,47-,49+,50?,51-,53?,54?,58-;30-,32-,33-,34-,36-,37+,38+,39+,40-,42+,43?,44-,46-,47+,51-;;/m11../s1. The van der Waals surface area contributed by atoms with Crippen molar-refractivity contribution in [3.05, 3.63) is 167 Å². The van der Waals surface area contributed by atoms with Gasteiger partial charge >= 0.3 is 11.9 Å². The highest BCUT2D eigenvalue weighted by atomic mass is 35.5. The van der Waals surface area contributed by atoms with Crippen LogP contribution >= 0.6 is 23.2 Å². The summed E-state index contributed by atoms with van der Waals surface area (Å²) < 4.78 is 58.5.